The minimum absolute atomic E-state index is 0.0108. The Morgan fingerprint density at radius 2 is 2.21 bits per heavy atom. The number of sulfonamides is 1. The number of nitrogens with one attached hydrogen (secondary N) is 2. The van der Waals surface area contributed by atoms with Crippen molar-refractivity contribution in [1.82, 2.24) is 10.0 Å². The summed E-state index contributed by atoms with van der Waals surface area (Å²) in [6.07, 6.45) is 2.61. The number of hydrogen-bond donors (Lipinski definition) is 2. The predicted molar refractivity (Wildman–Crippen MR) is 53.0 cm³/mol. The molecule has 0 radical (unpaired) electrons. The van der Waals surface area contributed by atoms with Gasteiger partial charge in [0.25, 0.3) is 0 Å². The molecule has 1 fully saturated rings. The van der Waals surface area contributed by atoms with Crippen LogP contribution in [0.5, 0.6) is 0 Å². The van der Waals surface area contributed by atoms with Crippen LogP contribution >= 0.6 is 0 Å². The molecule has 0 aliphatic carbocycles. The molecule has 14 heavy (non-hydrogen) atoms. The summed E-state index contributed by atoms with van der Waals surface area (Å²) in [6.45, 7) is 1.77. The van der Waals surface area contributed by atoms with Gasteiger partial charge in [-0.15, -0.1) is 0 Å². The Balaban J connectivity index is 2.46. The average molecular weight is 217 g/mol. The number of nitriles is 1. The summed E-state index contributed by atoms with van der Waals surface area (Å²) >= 11 is 0. The van der Waals surface area contributed by atoms with E-state index in [2.05, 4.69) is 10.0 Å². The standard InChI is InChI=1S/C8H15N3O2S/c9-4-7-14(12,13)11-8-2-1-5-10-6-3-8/h8,10-11H,1-3,5-7H2. The van der Waals surface area contributed by atoms with Crippen molar-refractivity contribution in [2.24, 2.45) is 0 Å². The molecule has 1 unspecified atom stereocenters. The summed E-state index contributed by atoms with van der Waals surface area (Å²) in [5.41, 5.74) is 0. The van der Waals surface area contributed by atoms with E-state index in [1.165, 1.54) is 0 Å². The summed E-state index contributed by atoms with van der Waals surface area (Å²) in [6, 6.07) is 1.64. The number of nitrogens with zero attached hydrogens (tertiary/aromatic N) is 1. The lowest BCUT2D eigenvalue weighted by molar-refractivity contribution is 0.520. The van der Waals surface area contributed by atoms with E-state index >= 15 is 0 Å². The van der Waals surface area contributed by atoms with Gasteiger partial charge in [0.15, 0.2) is 5.75 Å². The smallest absolute Gasteiger partial charge is 0.225 e. The van der Waals surface area contributed by atoms with Crippen LogP contribution < -0.4 is 10.0 Å². The quantitative estimate of drug-likeness (QED) is 0.672. The molecule has 80 valence electrons. The molecule has 1 atom stereocenters. The zero-order valence-electron chi connectivity index (χ0n) is 7.99. The van der Waals surface area contributed by atoms with E-state index in [1.807, 2.05) is 0 Å². The van der Waals surface area contributed by atoms with E-state index in [0.717, 1.165) is 32.4 Å². The maximum Gasteiger partial charge on any atom is 0.225 e. The SMILES string of the molecule is N#CCS(=O)(=O)NC1CCCNCC1. The lowest BCUT2D eigenvalue weighted by Gasteiger charge is -2.14. The first kappa shape index (κ1) is 11.4. The summed E-state index contributed by atoms with van der Waals surface area (Å²) in [7, 11) is -3.39. The van der Waals surface area contributed by atoms with Crippen LogP contribution in [0.4, 0.5) is 0 Å². The number of rotatable bonds is 3. The third kappa shape index (κ3) is 4.05. The van der Waals surface area contributed by atoms with Gasteiger partial charge in [0.2, 0.25) is 10.0 Å². The lowest BCUT2D eigenvalue weighted by atomic mass is 10.1. The summed E-state index contributed by atoms with van der Waals surface area (Å²) < 4.78 is 25.1. The minimum Gasteiger partial charge on any atom is -0.317 e. The molecule has 0 spiro atoms. The highest BCUT2D eigenvalue weighted by Crippen LogP contribution is 2.06. The van der Waals surface area contributed by atoms with Crippen molar-refractivity contribution in [2.75, 3.05) is 18.8 Å². The molecule has 1 saturated heterocycles. The molecule has 0 aromatic carbocycles. The molecule has 6 heteroatoms. The van der Waals surface area contributed by atoms with Crippen LogP contribution in [0.15, 0.2) is 0 Å². The fourth-order valence-electron chi connectivity index (χ4n) is 1.52. The third-order valence-corrected chi connectivity index (χ3v) is 3.38. The Morgan fingerprint density at radius 1 is 1.43 bits per heavy atom. The summed E-state index contributed by atoms with van der Waals surface area (Å²) in [5.74, 6) is -0.447. The van der Waals surface area contributed by atoms with Crippen LogP contribution in [0, 0.1) is 11.3 Å². The van der Waals surface area contributed by atoms with Crippen molar-refractivity contribution in [3.8, 4) is 6.07 Å². The Labute approximate surface area is 84.5 Å². The largest absolute Gasteiger partial charge is 0.317 e. The first-order valence-electron chi connectivity index (χ1n) is 4.72. The average Bonchev–Trinajstić information content (AvgIpc) is 2.31. The van der Waals surface area contributed by atoms with E-state index in [9.17, 15) is 8.42 Å². The zero-order valence-corrected chi connectivity index (χ0v) is 8.81. The van der Waals surface area contributed by atoms with Gasteiger partial charge in [-0.1, -0.05) is 0 Å². The predicted octanol–water partition coefficient (Wildman–Crippen LogP) is -0.429. The van der Waals surface area contributed by atoms with Crippen LogP contribution in [0.3, 0.4) is 0 Å². The van der Waals surface area contributed by atoms with E-state index in [-0.39, 0.29) is 6.04 Å². The maximum atomic E-state index is 11.3. The van der Waals surface area contributed by atoms with E-state index in [0.29, 0.717) is 0 Å². The normalized spacial score (nSPS) is 23.8. The van der Waals surface area contributed by atoms with Crippen LogP contribution in [-0.2, 0) is 10.0 Å². The number of hydrogen-bond acceptors (Lipinski definition) is 4. The highest BCUT2D eigenvalue weighted by molar-refractivity contribution is 7.89. The molecule has 1 rings (SSSR count). The monoisotopic (exact) mass is 217 g/mol. The van der Waals surface area contributed by atoms with Crippen molar-refractivity contribution in [2.45, 2.75) is 25.3 Å². The molecule has 2 N–H and O–H groups in total. The van der Waals surface area contributed by atoms with Crippen LogP contribution in [0.1, 0.15) is 19.3 Å². The second-order valence-electron chi connectivity index (χ2n) is 3.41. The third-order valence-electron chi connectivity index (χ3n) is 2.18. The Bertz CT molecular complexity index is 299. The van der Waals surface area contributed by atoms with Gasteiger partial charge in [0, 0.05) is 6.04 Å². The van der Waals surface area contributed by atoms with Gasteiger partial charge < -0.3 is 5.32 Å². The van der Waals surface area contributed by atoms with Gasteiger partial charge >= 0.3 is 0 Å². The van der Waals surface area contributed by atoms with Crippen molar-refractivity contribution in [3.63, 3.8) is 0 Å². The van der Waals surface area contributed by atoms with Gasteiger partial charge in [-0.3, -0.25) is 0 Å². The van der Waals surface area contributed by atoms with Gasteiger partial charge in [-0.2, -0.15) is 5.26 Å². The molecule has 0 aromatic rings. The maximum absolute atomic E-state index is 11.3. The molecule has 1 aliphatic rings. The second-order valence-corrected chi connectivity index (χ2v) is 5.17. The van der Waals surface area contributed by atoms with Crippen molar-refractivity contribution in [3.05, 3.63) is 0 Å². The van der Waals surface area contributed by atoms with Crippen LogP contribution in [0.25, 0.3) is 0 Å². The first-order chi connectivity index (χ1) is 6.64. The Hall–Kier alpha value is -0.640. The van der Waals surface area contributed by atoms with Gasteiger partial charge in [-0.05, 0) is 32.4 Å². The van der Waals surface area contributed by atoms with E-state index in [1.54, 1.807) is 6.07 Å². The molecule has 0 saturated carbocycles. The van der Waals surface area contributed by atoms with Crippen LogP contribution in [0.2, 0.25) is 0 Å². The van der Waals surface area contributed by atoms with Gasteiger partial charge in [-0.25, -0.2) is 13.1 Å². The van der Waals surface area contributed by atoms with Gasteiger partial charge in [0.1, 0.15) is 0 Å². The highest BCUT2D eigenvalue weighted by Gasteiger charge is 2.18. The van der Waals surface area contributed by atoms with E-state index < -0.39 is 15.8 Å². The molecule has 1 aliphatic heterocycles. The first-order valence-corrected chi connectivity index (χ1v) is 6.37. The molecule has 0 amide bonds. The summed E-state index contributed by atoms with van der Waals surface area (Å²) in [4.78, 5) is 0. The molecule has 1 heterocycles. The van der Waals surface area contributed by atoms with E-state index in [4.69, 9.17) is 5.26 Å². The van der Waals surface area contributed by atoms with Crippen molar-refractivity contribution < 1.29 is 8.42 Å². The minimum atomic E-state index is -3.39. The molecule has 0 bridgehead atoms. The summed E-state index contributed by atoms with van der Waals surface area (Å²) in [5, 5.41) is 11.5. The highest BCUT2D eigenvalue weighted by atomic mass is 32.2. The molecule has 0 aromatic heterocycles. The lowest BCUT2D eigenvalue weighted by Crippen LogP contribution is -2.36. The molecular formula is C8H15N3O2S. The Kier molecular flexibility index (Phi) is 4.32. The Morgan fingerprint density at radius 3 is 2.93 bits per heavy atom. The van der Waals surface area contributed by atoms with Crippen molar-refractivity contribution >= 4 is 10.0 Å². The zero-order chi connectivity index (χ0) is 10.4. The second kappa shape index (κ2) is 5.29. The topological polar surface area (TPSA) is 82.0 Å². The van der Waals surface area contributed by atoms with Crippen LogP contribution in [-0.4, -0.2) is 33.3 Å². The fourth-order valence-corrected chi connectivity index (χ4v) is 2.51. The van der Waals surface area contributed by atoms with Crippen molar-refractivity contribution in [1.29, 1.82) is 5.26 Å². The fraction of sp³-hybridized carbons (Fsp3) is 0.875. The molecule has 5 nitrogen and oxygen atoms in total. The van der Waals surface area contributed by atoms with Gasteiger partial charge in [0.05, 0.1) is 6.07 Å². The molecular weight excluding hydrogens is 202 g/mol.